The molecule has 0 amide bonds. The molecule has 0 atom stereocenters. The Morgan fingerprint density at radius 3 is 1.82 bits per heavy atom. The van der Waals surface area contributed by atoms with Crippen molar-refractivity contribution in [3.05, 3.63) is 72.1 Å². The van der Waals surface area contributed by atoms with Crippen molar-refractivity contribution >= 4 is 28.3 Å². The summed E-state index contributed by atoms with van der Waals surface area (Å²) >= 11 is 1.36. The van der Waals surface area contributed by atoms with Gasteiger partial charge in [0.2, 0.25) is 0 Å². The third kappa shape index (κ3) is 2.77. The lowest BCUT2D eigenvalue weighted by atomic mass is 10.4. The highest BCUT2D eigenvalue weighted by molar-refractivity contribution is 8.62. The Balaban J connectivity index is 2.15. The normalized spacial score (nSPS) is 11.5. The van der Waals surface area contributed by atoms with Crippen LogP contribution in [0.5, 0.6) is 0 Å². The molecule has 3 aromatic rings. The Kier molecular flexibility index (Phi) is 4.23. The Morgan fingerprint density at radius 2 is 1.41 bits per heavy atom. The Bertz CT molecular complexity index is 752. The first-order valence-corrected chi connectivity index (χ1v) is 10.1. The van der Waals surface area contributed by atoms with E-state index in [1.165, 1.54) is 11.4 Å². The number of aryl methyl sites for hydroxylation is 2. The fraction of sp³-hybridized carbons (Fsp3) is 0.118. The first-order chi connectivity index (χ1) is 10.6. The average Bonchev–Trinajstić information content (AvgIpc) is 2.88. The van der Waals surface area contributed by atoms with E-state index in [0.29, 0.717) is 5.76 Å². The van der Waals surface area contributed by atoms with Crippen LogP contribution in [0.2, 0.25) is 0 Å². The summed E-state index contributed by atoms with van der Waals surface area (Å²) < 4.78 is 19.1. The highest BCUT2D eigenvalue weighted by Gasteiger charge is 2.31. The van der Waals surface area contributed by atoms with Gasteiger partial charge in [0, 0.05) is 10.6 Å². The van der Waals surface area contributed by atoms with Gasteiger partial charge in [0.05, 0.1) is 10.6 Å². The molecule has 0 unspecified atom stereocenters. The number of rotatable bonds is 4. The summed E-state index contributed by atoms with van der Waals surface area (Å²) in [4.78, 5) is 0.857. The molecule has 0 N–H and O–H groups in total. The molecule has 2 aromatic carbocycles. The predicted molar refractivity (Wildman–Crippen MR) is 91.6 cm³/mol. The fourth-order valence-electron chi connectivity index (χ4n) is 2.24. The van der Waals surface area contributed by atoms with Gasteiger partial charge in [-0.1, -0.05) is 65.8 Å². The zero-order valence-electron chi connectivity index (χ0n) is 12.4. The topological polar surface area (TPSA) is 43.1 Å². The molecule has 0 fully saturated rings. The van der Waals surface area contributed by atoms with Crippen LogP contribution in [0.25, 0.3) is 0 Å². The summed E-state index contributed by atoms with van der Waals surface area (Å²) in [6.45, 7) is 3.72. The maximum absolute atomic E-state index is 13.9. The van der Waals surface area contributed by atoms with Gasteiger partial charge in [-0.2, -0.15) is 0 Å². The van der Waals surface area contributed by atoms with Crippen LogP contribution >= 0.6 is 17.7 Å². The summed E-state index contributed by atoms with van der Waals surface area (Å²) in [5.41, 5.74) is 0.773. The largest absolute Gasteiger partial charge is 0.360 e. The van der Waals surface area contributed by atoms with E-state index in [9.17, 15) is 4.57 Å². The van der Waals surface area contributed by atoms with Crippen LogP contribution in [0.15, 0.2) is 70.1 Å². The van der Waals surface area contributed by atoms with Crippen LogP contribution in [0.4, 0.5) is 0 Å². The molecule has 1 aromatic heterocycles. The van der Waals surface area contributed by atoms with E-state index in [1.807, 2.05) is 74.5 Å². The highest BCUT2D eigenvalue weighted by Crippen LogP contribution is 2.60. The Labute approximate surface area is 133 Å². The van der Waals surface area contributed by atoms with E-state index in [4.69, 9.17) is 4.52 Å². The van der Waals surface area contributed by atoms with Crippen molar-refractivity contribution in [3.8, 4) is 0 Å². The van der Waals surface area contributed by atoms with Gasteiger partial charge in [-0.3, -0.25) is 0 Å². The smallest absolute Gasteiger partial charge is 0.199 e. The molecule has 1 heterocycles. The summed E-state index contributed by atoms with van der Waals surface area (Å²) in [6, 6.07) is 19.2. The van der Waals surface area contributed by atoms with Crippen molar-refractivity contribution in [2.24, 2.45) is 0 Å². The van der Waals surface area contributed by atoms with Gasteiger partial charge in [-0.25, -0.2) is 0 Å². The van der Waals surface area contributed by atoms with Crippen LogP contribution in [0, 0.1) is 13.8 Å². The van der Waals surface area contributed by atoms with Gasteiger partial charge >= 0.3 is 0 Å². The maximum Gasteiger partial charge on any atom is 0.199 e. The van der Waals surface area contributed by atoms with Crippen LogP contribution < -0.4 is 10.6 Å². The number of benzene rings is 2. The van der Waals surface area contributed by atoms with Gasteiger partial charge in [0.1, 0.15) is 5.76 Å². The molecule has 0 spiro atoms. The average molecular weight is 329 g/mol. The first-order valence-electron chi connectivity index (χ1n) is 6.95. The molecule has 22 heavy (non-hydrogen) atoms. The van der Waals surface area contributed by atoms with Crippen molar-refractivity contribution in [1.29, 1.82) is 0 Å². The molecule has 3 rings (SSSR count). The molecule has 0 radical (unpaired) electrons. The maximum atomic E-state index is 13.9. The second-order valence-corrected chi connectivity index (χ2v) is 9.78. The molecule has 0 saturated carbocycles. The molecular formula is C17H16NO2PS. The molecule has 0 aliphatic heterocycles. The molecule has 0 bridgehead atoms. The number of aromatic nitrogens is 1. The van der Waals surface area contributed by atoms with Crippen LogP contribution in [0.3, 0.4) is 0 Å². The zero-order valence-corrected chi connectivity index (χ0v) is 14.1. The quantitative estimate of drug-likeness (QED) is 0.669. The zero-order chi connectivity index (χ0) is 15.6. The SMILES string of the molecule is Cc1noc(C)c1SP(=O)(c1ccccc1)c1ccccc1. The predicted octanol–water partition coefficient (Wildman–Crippen LogP) is 4.31. The summed E-state index contributed by atoms with van der Waals surface area (Å²) in [5, 5.41) is 5.62. The first kappa shape index (κ1) is 15.1. The summed E-state index contributed by atoms with van der Waals surface area (Å²) in [7, 11) is 0. The Morgan fingerprint density at radius 1 is 0.909 bits per heavy atom. The minimum atomic E-state index is -2.85. The summed E-state index contributed by atoms with van der Waals surface area (Å²) in [6.07, 6.45) is -2.85. The van der Waals surface area contributed by atoms with Crippen molar-refractivity contribution < 1.29 is 9.09 Å². The van der Waals surface area contributed by atoms with Crippen molar-refractivity contribution in [2.75, 3.05) is 0 Å². The number of nitrogens with zero attached hydrogens (tertiary/aromatic N) is 1. The van der Waals surface area contributed by atoms with E-state index in [1.54, 1.807) is 0 Å². The lowest BCUT2D eigenvalue weighted by Crippen LogP contribution is -2.13. The van der Waals surface area contributed by atoms with E-state index in [-0.39, 0.29) is 0 Å². The lowest BCUT2D eigenvalue weighted by Gasteiger charge is -2.18. The summed E-state index contributed by atoms with van der Waals surface area (Å²) in [5.74, 6) is 0.703. The third-order valence-corrected chi connectivity index (χ3v) is 8.94. The highest BCUT2D eigenvalue weighted by atomic mass is 32.7. The monoisotopic (exact) mass is 329 g/mol. The standard InChI is InChI=1S/C17H16NO2PS/c1-13-17(14(2)20-18-13)22-21(19,15-9-5-3-6-10-15)16-11-7-4-8-12-16/h3-12H,1-2H3. The van der Waals surface area contributed by atoms with Crippen LogP contribution in [-0.2, 0) is 4.57 Å². The minimum absolute atomic E-state index is 0.703. The molecule has 3 nitrogen and oxygen atoms in total. The second-order valence-electron chi connectivity index (χ2n) is 4.97. The van der Waals surface area contributed by atoms with E-state index < -0.39 is 6.34 Å². The number of hydrogen-bond acceptors (Lipinski definition) is 4. The lowest BCUT2D eigenvalue weighted by molar-refractivity contribution is 0.391. The van der Waals surface area contributed by atoms with Gasteiger partial charge in [-0.15, -0.1) is 0 Å². The van der Waals surface area contributed by atoms with E-state index in [0.717, 1.165) is 21.2 Å². The van der Waals surface area contributed by atoms with E-state index >= 15 is 0 Å². The Hall–Kier alpha value is -1.77. The second kappa shape index (κ2) is 6.15. The molecule has 112 valence electrons. The molecule has 0 aliphatic rings. The van der Waals surface area contributed by atoms with Crippen molar-refractivity contribution in [3.63, 3.8) is 0 Å². The fourth-order valence-corrected chi connectivity index (χ4v) is 7.38. The van der Waals surface area contributed by atoms with Gasteiger partial charge in [0.15, 0.2) is 6.34 Å². The molecule has 0 saturated heterocycles. The minimum Gasteiger partial charge on any atom is -0.360 e. The third-order valence-electron chi connectivity index (χ3n) is 3.38. The van der Waals surface area contributed by atoms with E-state index in [2.05, 4.69) is 5.16 Å². The van der Waals surface area contributed by atoms with Gasteiger partial charge in [-0.05, 0) is 25.2 Å². The van der Waals surface area contributed by atoms with Crippen LogP contribution in [0.1, 0.15) is 11.5 Å². The van der Waals surface area contributed by atoms with Gasteiger partial charge in [0.25, 0.3) is 0 Å². The van der Waals surface area contributed by atoms with Crippen LogP contribution in [-0.4, -0.2) is 5.16 Å². The molecule has 0 aliphatic carbocycles. The van der Waals surface area contributed by atoms with Crippen molar-refractivity contribution in [2.45, 2.75) is 18.7 Å². The molecular weight excluding hydrogens is 313 g/mol. The number of hydrogen-bond donors (Lipinski definition) is 0. The van der Waals surface area contributed by atoms with Gasteiger partial charge < -0.3 is 9.09 Å². The van der Waals surface area contributed by atoms with Crippen molar-refractivity contribution in [1.82, 2.24) is 5.16 Å². The molecule has 5 heteroatoms.